The van der Waals surface area contributed by atoms with Gasteiger partial charge in [0, 0.05) is 6.07 Å². The second-order valence-electron chi connectivity index (χ2n) is 4.59. The van der Waals surface area contributed by atoms with E-state index in [1.807, 2.05) is 0 Å². The Kier molecular flexibility index (Phi) is 5.39. The lowest BCUT2D eigenvalue weighted by Gasteiger charge is -2.13. The summed E-state index contributed by atoms with van der Waals surface area (Å²) in [5.74, 6) is -0.263. The zero-order chi connectivity index (χ0) is 18.8. The van der Waals surface area contributed by atoms with Crippen LogP contribution in [0, 0.1) is 10.1 Å². The first-order valence-corrected chi connectivity index (χ1v) is 7.09. The fourth-order valence-corrected chi connectivity index (χ4v) is 2.43. The van der Waals surface area contributed by atoms with Crippen LogP contribution in [0.5, 0.6) is 11.5 Å². The molecule has 2 aromatic carbocycles. The second-order valence-corrected chi connectivity index (χ2v) is 5.41. The summed E-state index contributed by atoms with van der Waals surface area (Å²) in [6.07, 6.45) is -3.83. The van der Waals surface area contributed by atoms with Crippen molar-refractivity contribution in [3.8, 4) is 11.5 Å². The highest BCUT2D eigenvalue weighted by Gasteiger charge is 2.32. The summed E-state index contributed by atoms with van der Waals surface area (Å²) in [5.41, 5.74) is -1.51. The zero-order valence-electron chi connectivity index (χ0n) is 11.9. The summed E-state index contributed by atoms with van der Waals surface area (Å²) in [5, 5.41) is 21.4. The summed E-state index contributed by atoms with van der Waals surface area (Å²) in [4.78, 5) is 10.2. The lowest BCUT2D eigenvalue weighted by Crippen LogP contribution is -2.05. The van der Waals surface area contributed by atoms with Crippen LogP contribution < -0.4 is 4.74 Å². The van der Waals surface area contributed by atoms with Crippen molar-refractivity contribution in [1.29, 1.82) is 0 Å². The molecular formula is C14H7Cl2F3N2O4. The van der Waals surface area contributed by atoms with Gasteiger partial charge in [0.2, 0.25) is 0 Å². The summed E-state index contributed by atoms with van der Waals surface area (Å²) in [7, 11) is 0. The largest absolute Gasteiger partial charge is 0.454 e. The normalized spacial score (nSPS) is 11.7. The topological polar surface area (TPSA) is 85.0 Å². The van der Waals surface area contributed by atoms with Crippen LogP contribution >= 0.6 is 23.2 Å². The average molecular weight is 395 g/mol. The van der Waals surface area contributed by atoms with E-state index >= 15 is 0 Å². The summed E-state index contributed by atoms with van der Waals surface area (Å²) < 4.78 is 43.4. The second kappa shape index (κ2) is 7.16. The van der Waals surface area contributed by atoms with E-state index < -0.39 is 26.7 Å². The Bertz CT molecular complexity index is 833. The van der Waals surface area contributed by atoms with Crippen LogP contribution in [-0.4, -0.2) is 16.3 Å². The van der Waals surface area contributed by atoms with Crippen molar-refractivity contribution in [2.75, 3.05) is 0 Å². The molecule has 0 radical (unpaired) electrons. The third kappa shape index (κ3) is 4.31. The maximum absolute atomic E-state index is 12.7. The van der Waals surface area contributed by atoms with Gasteiger partial charge in [0.05, 0.1) is 32.3 Å². The van der Waals surface area contributed by atoms with Crippen molar-refractivity contribution in [3.05, 3.63) is 61.6 Å². The number of nitro groups is 1. The molecule has 0 spiro atoms. The molecule has 0 bridgehead atoms. The first kappa shape index (κ1) is 18.8. The molecule has 0 aliphatic rings. The quantitative estimate of drug-likeness (QED) is 0.320. The number of benzene rings is 2. The molecule has 0 aliphatic heterocycles. The van der Waals surface area contributed by atoms with Gasteiger partial charge in [-0.1, -0.05) is 28.4 Å². The third-order valence-electron chi connectivity index (χ3n) is 2.94. The van der Waals surface area contributed by atoms with E-state index in [-0.39, 0.29) is 22.7 Å². The van der Waals surface area contributed by atoms with Gasteiger partial charge in [-0.05, 0) is 24.3 Å². The van der Waals surface area contributed by atoms with E-state index in [0.29, 0.717) is 12.1 Å². The molecule has 1 N–H and O–H groups in total. The van der Waals surface area contributed by atoms with Crippen LogP contribution in [0.15, 0.2) is 35.5 Å². The van der Waals surface area contributed by atoms with Crippen molar-refractivity contribution < 1.29 is 28.0 Å². The monoisotopic (exact) mass is 394 g/mol. The van der Waals surface area contributed by atoms with Crippen LogP contribution in [0.3, 0.4) is 0 Å². The number of oxime groups is 1. The summed E-state index contributed by atoms with van der Waals surface area (Å²) in [6.45, 7) is 0. The lowest BCUT2D eigenvalue weighted by molar-refractivity contribution is -0.385. The van der Waals surface area contributed by atoms with Gasteiger partial charge in [-0.3, -0.25) is 10.1 Å². The van der Waals surface area contributed by atoms with Gasteiger partial charge >= 0.3 is 6.18 Å². The van der Waals surface area contributed by atoms with E-state index in [1.165, 1.54) is 6.07 Å². The number of halogens is 5. The molecule has 2 aromatic rings. The predicted molar refractivity (Wildman–Crippen MR) is 84.0 cm³/mol. The summed E-state index contributed by atoms with van der Waals surface area (Å²) >= 11 is 11.6. The Morgan fingerprint density at radius 1 is 1.20 bits per heavy atom. The van der Waals surface area contributed by atoms with Crippen molar-refractivity contribution >= 4 is 35.1 Å². The Labute approximate surface area is 148 Å². The smallest absolute Gasteiger partial charge is 0.416 e. The SMILES string of the molecule is O=[N+]([O-])c1ccc(Oc2c(Cl)cc(C(F)(F)F)cc2Cl)cc1C=NO. The Balaban J connectivity index is 2.43. The molecule has 0 aromatic heterocycles. The molecule has 0 fully saturated rings. The maximum atomic E-state index is 12.7. The van der Waals surface area contributed by atoms with Crippen molar-refractivity contribution in [1.82, 2.24) is 0 Å². The lowest BCUT2D eigenvalue weighted by atomic mass is 10.2. The molecule has 0 heterocycles. The Morgan fingerprint density at radius 3 is 2.28 bits per heavy atom. The number of alkyl halides is 3. The number of rotatable bonds is 4. The average Bonchev–Trinajstić information content (AvgIpc) is 2.50. The fourth-order valence-electron chi connectivity index (χ4n) is 1.87. The van der Waals surface area contributed by atoms with Crippen molar-refractivity contribution in [3.63, 3.8) is 0 Å². The number of hydrogen-bond donors (Lipinski definition) is 1. The van der Waals surface area contributed by atoms with Crippen molar-refractivity contribution in [2.45, 2.75) is 6.18 Å². The van der Waals surface area contributed by atoms with E-state index in [4.69, 9.17) is 33.1 Å². The molecule has 0 atom stereocenters. The molecule has 6 nitrogen and oxygen atoms in total. The zero-order valence-corrected chi connectivity index (χ0v) is 13.4. The summed E-state index contributed by atoms with van der Waals surface area (Å²) in [6, 6.07) is 4.69. The number of ether oxygens (including phenoxy) is 1. The first-order chi connectivity index (χ1) is 11.6. The molecule has 11 heteroatoms. The fraction of sp³-hybridized carbons (Fsp3) is 0.0714. The highest BCUT2D eigenvalue weighted by Crippen LogP contribution is 2.42. The number of nitrogens with zero attached hydrogens (tertiary/aromatic N) is 2. The van der Waals surface area contributed by atoms with Gasteiger partial charge in [0.1, 0.15) is 5.75 Å². The molecule has 0 amide bonds. The standard InChI is InChI=1S/C14H7Cl2F3N2O4/c15-10-4-8(14(17,18)19)5-11(16)13(10)25-9-1-2-12(21(23)24)7(3-9)6-20-22/h1-6,22H. The highest BCUT2D eigenvalue weighted by molar-refractivity contribution is 6.37. The number of hydrogen-bond acceptors (Lipinski definition) is 5. The molecule has 0 aliphatic carbocycles. The van der Waals surface area contributed by atoms with Crippen LogP contribution in [0.4, 0.5) is 18.9 Å². The molecule has 0 saturated heterocycles. The van der Waals surface area contributed by atoms with Gasteiger partial charge < -0.3 is 9.94 Å². The van der Waals surface area contributed by atoms with Gasteiger partial charge in [-0.25, -0.2) is 0 Å². The van der Waals surface area contributed by atoms with E-state index in [0.717, 1.165) is 18.3 Å². The Morgan fingerprint density at radius 2 is 1.80 bits per heavy atom. The molecule has 25 heavy (non-hydrogen) atoms. The molecule has 0 unspecified atom stereocenters. The highest BCUT2D eigenvalue weighted by atomic mass is 35.5. The first-order valence-electron chi connectivity index (χ1n) is 6.33. The maximum Gasteiger partial charge on any atom is 0.416 e. The van der Waals surface area contributed by atoms with Gasteiger partial charge in [-0.2, -0.15) is 13.2 Å². The van der Waals surface area contributed by atoms with Crippen LogP contribution in [0.1, 0.15) is 11.1 Å². The van der Waals surface area contributed by atoms with Crippen LogP contribution in [0.2, 0.25) is 10.0 Å². The van der Waals surface area contributed by atoms with Crippen LogP contribution in [-0.2, 0) is 6.18 Å². The molecular weight excluding hydrogens is 388 g/mol. The van der Waals surface area contributed by atoms with E-state index in [1.54, 1.807) is 0 Å². The predicted octanol–water partition coefficient (Wildman–Crippen LogP) is 5.52. The minimum Gasteiger partial charge on any atom is -0.454 e. The molecule has 132 valence electrons. The number of nitro benzene ring substituents is 1. The van der Waals surface area contributed by atoms with Gasteiger partial charge in [0.15, 0.2) is 5.75 Å². The minimum atomic E-state index is -4.63. The Hall–Kier alpha value is -2.52. The minimum absolute atomic E-state index is 0.0101. The molecule has 2 rings (SSSR count). The van der Waals surface area contributed by atoms with E-state index in [9.17, 15) is 23.3 Å². The van der Waals surface area contributed by atoms with Crippen LogP contribution in [0.25, 0.3) is 0 Å². The van der Waals surface area contributed by atoms with Gasteiger partial charge in [-0.15, -0.1) is 0 Å². The van der Waals surface area contributed by atoms with Gasteiger partial charge in [0.25, 0.3) is 5.69 Å². The van der Waals surface area contributed by atoms with Crippen molar-refractivity contribution in [2.24, 2.45) is 5.16 Å². The molecule has 0 saturated carbocycles. The third-order valence-corrected chi connectivity index (χ3v) is 3.50. The van der Waals surface area contributed by atoms with E-state index in [2.05, 4.69) is 5.16 Å².